The summed E-state index contributed by atoms with van der Waals surface area (Å²) in [5.41, 5.74) is 5.60. The second-order valence-electron chi connectivity index (χ2n) is 3.37. The third-order valence-electron chi connectivity index (χ3n) is 1.58. The molecule has 0 atom stereocenters. The zero-order valence-electron chi connectivity index (χ0n) is 6.83. The Balaban J connectivity index is 2.56. The minimum absolute atomic E-state index is 0.0594. The zero-order valence-corrected chi connectivity index (χ0v) is 6.83. The number of aromatic amines is 1. The molecule has 5 nitrogen and oxygen atoms in total. The number of hydrogen-bond donors (Lipinski definition) is 2. The SMILES string of the molecule is CC(C)(CN)Cc1nn[nH]n1. The molecule has 3 N–H and O–H groups in total. The molecular formula is C6H13N5. The van der Waals surface area contributed by atoms with Gasteiger partial charge in [-0.05, 0) is 12.0 Å². The Bertz CT molecular complexity index is 203. The summed E-state index contributed by atoms with van der Waals surface area (Å²) in [6, 6.07) is 0. The molecular weight excluding hydrogens is 142 g/mol. The van der Waals surface area contributed by atoms with Crippen molar-refractivity contribution in [3.63, 3.8) is 0 Å². The van der Waals surface area contributed by atoms with Crippen molar-refractivity contribution in [2.24, 2.45) is 11.1 Å². The van der Waals surface area contributed by atoms with Crippen molar-refractivity contribution in [3.8, 4) is 0 Å². The summed E-state index contributed by atoms with van der Waals surface area (Å²) in [4.78, 5) is 0. The highest BCUT2D eigenvalue weighted by Gasteiger charge is 2.18. The van der Waals surface area contributed by atoms with Gasteiger partial charge in [0, 0.05) is 6.42 Å². The van der Waals surface area contributed by atoms with Crippen molar-refractivity contribution in [1.82, 2.24) is 20.6 Å². The van der Waals surface area contributed by atoms with E-state index in [-0.39, 0.29) is 5.41 Å². The van der Waals surface area contributed by atoms with Gasteiger partial charge in [-0.3, -0.25) is 0 Å². The van der Waals surface area contributed by atoms with Crippen molar-refractivity contribution in [2.45, 2.75) is 20.3 Å². The van der Waals surface area contributed by atoms with Crippen LogP contribution in [-0.2, 0) is 6.42 Å². The van der Waals surface area contributed by atoms with E-state index in [1.807, 2.05) is 0 Å². The molecule has 0 aliphatic carbocycles. The van der Waals surface area contributed by atoms with E-state index in [1.165, 1.54) is 0 Å². The van der Waals surface area contributed by atoms with E-state index in [0.29, 0.717) is 6.54 Å². The van der Waals surface area contributed by atoms with Gasteiger partial charge in [-0.15, -0.1) is 10.2 Å². The number of nitrogens with one attached hydrogen (secondary N) is 1. The van der Waals surface area contributed by atoms with E-state index in [9.17, 15) is 0 Å². The van der Waals surface area contributed by atoms with Crippen LogP contribution >= 0.6 is 0 Å². The van der Waals surface area contributed by atoms with Gasteiger partial charge in [0.1, 0.15) is 0 Å². The van der Waals surface area contributed by atoms with E-state index in [2.05, 4.69) is 34.5 Å². The first-order valence-corrected chi connectivity index (χ1v) is 3.56. The quantitative estimate of drug-likeness (QED) is 0.629. The summed E-state index contributed by atoms with van der Waals surface area (Å²) in [5, 5.41) is 13.6. The predicted octanol–water partition coefficient (Wildman–Crippen LogP) is -0.273. The standard InChI is InChI=1S/C6H13N5/c1-6(2,4-7)3-5-8-10-11-9-5/h3-4,7H2,1-2H3,(H,8,9,10,11). The molecule has 11 heavy (non-hydrogen) atoms. The third kappa shape index (κ3) is 2.27. The second-order valence-corrected chi connectivity index (χ2v) is 3.37. The first-order chi connectivity index (χ1) is 5.14. The lowest BCUT2D eigenvalue weighted by Crippen LogP contribution is -2.26. The number of tetrazole rings is 1. The van der Waals surface area contributed by atoms with Crippen LogP contribution in [0.15, 0.2) is 0 Å². The smallest absolute Gasteiger partial charge is 0.175 e. The molecule has 0 spiro atoms. The first-order valence-electron chi connectivity index (χ1n) is 3.56. The van der Waals surface area contributed by atoms with Crippen molar-refractivity contribution >= 4 is 0 Å². The number of nitrogens with two attached hydrogens (primary N) is 1. The average molecular weight is 155 g/mol. The fourth-order valence-electron chi connectivity index (χ4n) is 0.758. The molecule has 0 unspecified atom stereocenters. The normalized spacial score (nSPS) is 11.9. The van der Waals surface area contributed by atoms with Crippen LogP contribution in [0.2, 0.25) is 0 Å². The molecule has 0 aromatic carbocycles. The van der Waals surface area contributed by atoms with Crippen LogP contribution in [-0.4, -0.2) is 27.2 Å². The highest BCUT2D eigenvalue weighted by Crippen LogP contribution is 2.16. The molecule has 1 aromatic rings. The van der Waals surface area contributed by atoms with Gasteiger partial charge >= 0.3 is 0 Å². The van der Waals surface area contributed by atoms with Gasteiger partial charge in [0.15, 0.2) is 5.82 Å². The molecule has 1 heterocycles. The average Bonchev–Trinajstić information content (AvgIpc) is 2.39. The highest BCUT2D eigenvalue weighted by molar-refractivity contribution is 4.85. The van der Waals surface area contributed by atoms with Crippen LogP contribution in [0.3, 0.4) is 0 Å². The van der Waals surface area contributed by atoms with Crippen LogP contribution in [0.1, 0.15) is 19.7 Å². The Hall–Kier alpha value is -0.970. The van der Waals surface area contributed by atoms with Gasteiger partial charge in [-0.2, -0.15) is 5.21 Å². The van der Waals surface area contributed by atoms with Gasteiger partial charge in [0.05, 0.1) is 0 Å². The van der Waals surface area contributed by atoms with Crippen molar-refractivity contribution in [3.05, 3.63) is 5.82 Å². The number of aromatic nitrogens is 4. The highest BCUT2D eigenvalue weighted by atomic mass is 15.5. The van der Waals surface area contributed by atoms with E-state index in [1.54, 1.807) is 0 Å². The van der Waals surface area contributed by atoms with Crippen LogP contribution in [0.4, 0.5) is 0 Å². The van der Waals surface area contributed by atoms with E-state index in [0.717, 1.165) is 12.2 Å². The zero-order chi connectivity index (χ0) is 8.32. The van der Waals surface area contributed by atoms with Gasteiger partial charge in [0.25, 0.3) is 0 Å². The molecule has 0 aliphatic rings. The second kappa shape index (κ2) is 2.96. The maximum absolute atomic E-state index is 5.54. The monoisotopic (exact) mass is 155 g/mol. The predicted molar refractivity (Wildman–Crippen MR) is 40.7 cm³/mol. The van der Waals surface area contributed by atoms with Crippen molar-refractivity contribution in [1.29, 1.82) is 0 Å². The summed E-state index contributed by atoms with van der Waals surface area (Å²) in [6.45, 7) is 4.77. The van der Waals surface area contributed by atoms with Crippen LogP contribution in [0.25, 0.3) is 0 Å². The Kier molecular flexibility index (Phi) is 2.19. The summed E-state index contributed by atoms with van der Waals surface area (Å²) in [7, 11) is 0. The van der Waals surface area contributed by atoms with Gasteiger partial charge in [-0.25, -0.2) is 0 Å². The van der Waals surface area contributed by atoms with E-state index >= 15 is 0 Å². The summed E-state index contributed by atoms with van der Waals surface area (Å²) in [6.07, 6.45) is 0.764. The third-order valence-corrected chi connectivity index (χ3v) is 1.58. The van der Waals surface area contributed by atoms with Crippen molar-refractivity contribution in [2.75, 3.05) is 6.54 Å². The lowest BCUT2D eigenvalue weighted by atomic mass is 9.89. The molecule has 0 bridgehead atoms. The first kappa shape index (κ1) is 8.13. The maximum atomic E-state index is 5.54. The van der Waals surface area contributed by atoms with Gasteiger partial charge in [0.2, 0.25) is 0 Å². The molecule has 5 heteroatoms. The van der Waals surface area contributed by atoms with Gasteiger partial charge < -0.3 is 5.73 Å². The largest absolute Gasteiger partial charge is 0.330 e. The molecule has 0 radical (unpaired) electrons. The number of H-pyrrole nitrogens is 1. The Labute approximate surface area is 65.4 Å². The molecule has 62 valence electrons. The van der Waals surface area contributed by atoms with Crippen LogP contribution < -0.4 is 5.73 Å². The molecule has 0 amide bonds. The molecule has 1 aromatic heterocycles. The lowest BCUT2D eigenvalue weighted by Gasteiger charge is -2.19. The Morgan fingerprint density at radius 3 is 2.73 bits per heavy atom. The maximum Gasteiger partial charge on any atom is 0.175 e. The Morgan fingerprint density at radius 2 is 2.27 bits per heavy atom. The van der Waals surface area contributed by atoms with E-state index < -0.39 is 0 Å². The van der Waals surface area contributed by atoms with Crippen LogP contribution in [0, 0.1) is 5.41 Å². The molecule has 0 fully saturated rings. The number of rotatable bonds is 3. The fourth-order valence-corrected chi connectivity index (χ4v) is 0.758. The molecule has 0 saturated carbocycles. The number of nitrogens with zero attached hydrogens (tertiary/aromatic N) is 3. The van der Waals surface area contributed by atoms with E-state index in [4.69, 9.17) is 5.73 Å². The minimum Gasteiger partial charge on any atom is -0.330 e. The van der Waals surface area contributed by atoms with Crippen LogP contribution in [0.5, 0.6) is 0 Å². The molecule has 0 saturated heterocycles. The van der Waals surface area contributed by atoms with Crippen molar-refractivity contribution < 1.29 is 0 Å². The topological polar surface area (TPSA) is 80.5 Å². The fraction of sp³-hybridized carbons (Fsp3) is 0.833. The summed E-state index contributed by atoms with van der Waals surface area (Å²) < 4.78 is 0. The van der Waals surface area contributed by atoms with Gasteiger partial charge in [-0.1, -0.05) is 19.1 Å². The summed E-state index contributed by atoms with van der Waals surface area (Å²) in [5.74, 6) is 0.723. The summed E-state index contributed by atoms with van der Waals surface area (Å²) >= 11 is 0. The Morgan fingerprint density at radius 1 is 1.55 bits per heavy atom. The lowest BCUT2D eigenvalue weighted by molar-refractivity contribution is 0.368. The number of hydrogen-bond acceptors (Lipinski definition) is 4. The molecule has 1 rings (SSSR count). The molecule has 0 aliphatic heterocycles. The minimum atomic E-state index is 0.0594.